The number of H-pyrrole nitrogens is 1. The van der Waals surface area contributed by atoms with E-state index in [2.05, 4.69) is 11.1 Å². The first-order chi connectivity index (χ1) is 13.2. The molecule has 2 aliphatic heterocycles. The van der Waals surface area contributed by atoms with Crippen LogP contribution in [-0.4, -0.2) is 41.3 Å². The lowest BCUT2D eigenvalue weighted by Crippen LogP contribution is -2.48. The molecule has 0 aliphatic carbocycles. The third kappa shape index (κ3) is 2.46. The molecule has 3 heterocycles. The standard InChI is InChI=1S/C22H20N2O3/c25-20(16-13-23-18-7-3-1-5-15(16)18)21(26)24-11-9-22(10-12-24)14-27-19-8-4-2-6-17(19)22/h1-8,13,23H,9-12,14H2. The monoisotopic (exact) mass is 360 g/mol. The van der Waals surface area contributed by atoms with Crippen molar-refractivity contribution in [2.45, 2.75) is 18.3 Å². The highest BCUT2D eigenvalue weighted by Gasteiger charge is 2.44. The van der Waals surface area contributed by atoms with Gasteiger partial charge >= 0.3 is 0 Å². The van der Waals surface area contributed by atoms with Crippen LogP contribution in [0.5, 0.6) is 5.75 Å². The van der Waals surface area contributed by atoms with Crippen molar-refractivity contribution in [2.24, 2.45) is 0 Å². The predicted octanol–water partition coefficient (Wildman–Crippen LogP) is 3.30. The summed E-state index contributed by atoms with van der Waals surface area (Å²) in [5.41, 5.74) is 2.52. The summed E-state index contributed by atoms with van der Waals surface area (Å²) in [6, 6.07) is 15.7. The minimum Gasteiger partial charge on any atom is -0.492 e. The number of para-hydroxylation sites is 2. The molecule has 1 amide bonds. The number of benzene rings is 2. The van der Waals surface area contributed by atoms with E-state index in [1.54, 1.807) is 11.1 Å². The van der Waals surface area contributed by atoms with E-state index in [1.807, 2.05) is 42.5 Å². The predicted molar refractivity (Wildman–Crippen MR) is 102 cm³/mol. The molecule has 0 atom stereocenters. The molecular weight excluding hydrogens is 340 g/mol. The fourth-order valence-corrected chi connectivity index (χ4v) is 4.39. The van der Waals surface area contributed by atoms with Crippen molar-refractivity contribution in [1.29, 1.82) is 0 Å². The number of hydrogen-bond donors (Lipinski definition) is 1. The zero-order valence-corrected chi connectivity index (χ0v) is 14.9. The number of ketones is 1. The topological polar surface area (TPSA) is 62.4 Å². The lowest BCUT2D eigenvalue weighted by Gasteiger charge is -2.38. The largest absolute Gasteiger partial charge is 0.492 e. The number of aromatic amines is 1. The molecule has 27 heavy (non-hydrogen) atoms. The first kappa shape index (κ1) is 16.1. The number of Topliss-reactive ketones (excluding diaryl/α,β-unsaturated/α-hetero) is 1. The molecular formula is C22H20N2O3. The molecule has 1 N–H and O–H groups in total. The Hall–Kier alpha value is -3.08. The van der Waals surface area contributed by atoms with Crippen LogP contribution < -0.4 is 4.74 Å². The number of likely N-dealkylation sites (tertiary alicyclic amines) is 1. The first-order valence-corrected chi connectivity index (χ1v) is 9.30. The van der Waals surface area contributed by atoms with Crippen LogP contribution in [0.15, 0.2) is 54.7 Å². The van der Waals surface area contributed by atoms with E-state index in [0.717, 1.165) is 29.5 Å². The number of carbonyl (C=O) groups is 2. The maximum atomic E-state index is 12.8. The molecule has 2 aliphatic rings. The number of fused-ring (bicyclic) bond motifs is 3. The van der Waals surface area contributed by atoms with Crippen LogP contribution in [0.2, 0.25) is 0 Å². The molecule has 3 aromatic rings. The summed E-state index contributed by atoms with van der Waals surface area (Å²) in [7, 11) is 0. The Balaban J connectivity index is 1.34. The molecule has 1 fully saturated rings. The number of aromatic nitrogens is 1. The van der Waals surface area contributed by atoms with Gasteiger partial charge in [0.05, 0.1) is 12.2 Å². The third-order valence-electron chi connectivity index (χ3n) is 6.00. The Kier molecular flexibility index (Phi) is 3.57. The Morgan fingerprint density at radius 1 is 1.00 bits per heavy atom. The van der Waals surface area contributed by atoms with E-state index in [4.69, 9.17) is 4.74 Å². The quantitative estimate of drug-likeness (QED) is 0.563. The molecule has 5 nitrogen and oxygen atoms in total. The summed E-state index contributed by atoms with van der Waals surface area (Å²) in [6.07, 6.45) is 3.27. The van der Waals surface area contributed by atoms with Gasteiger partial charge in [-0.2, -0.15) is 0 Å². The number of amides is 1. The van der Waals surface area contributed by atoms with Gasteiger partial charge in [-0.1, -0.05) is 36.4 Å². The number of nitrogens with zero attached hydrogens (tertiary/aromatic N) is 1. The summed E-state index contributed by atoms with van der Waals surface area (Å²) < 4.78 is 5.87. The van der Waals surface area contributed by atoms with E-state index >= 15 is 0 Å². The van der Waals surface area contributed by atoms with Crippen molar-refractivity contribution in [2.75, 3.05) is 19.7 Å². The molecule has 0 unspecified atom stereocenters. The van der Waals surface area contributed by atoms with Crippen molar-refractivity contribution < 1.29 is 14.3 Å². The van der Waals surface area contributed by atoms with Gasteiger partial charge in [0.25, 0.3) is 11.7 Å². The number of piperidine rings is 1. The highest BCUT2D eigenvalue weighted by Crippen LogP contribution is 2.45. The second kappa shape index (κ2) is 5.98. The Labute approximate surface area is 156 Å². The van der Waals surface area contributed by atoms with Crippen LogP contribution in [0, 0.1) is 0 Å². The number of ether oxygens (including phenoxy) is 1. The van der Waals surface area contributed by atoms with Crippen LogP contribution in [0.4, 0.5) is 0 Å². The molecule has 1 spiro atoms. The normalized spacial score (nSPS) is 17.7. The summed E-state index contributed by atoms with van der Waals surface area (Å²) in [5, 5.41) is 0.794. The van der Waals surface area contributed by atoms with Gasteiger partial charge in [-0.3, -0.25) is 9.59 Å². The summed E-state index contributed by atoms with van der Waals surface area (Å²) in [4.78, 5) is 30.4. The fraction of sp³-hybridized carbons (Fsp3) is 0.273. The highest BCUT2D eigenvalue weighted by atomic mass is 16.5. The second-order valence-corrected chi connectivity index (χ2v) is 7.43. The minimum atomic E-state index is -0.438. The molecule has 0 radical (unpaired) electrons. The molecule has 5 heteroatoms. The van der Waals surface area contributed by atoms with E-state index < -0.39 is 11.7 Å². The van der Waals surface area contributed by atoms with Gasteiger partial charge < -0.3 is 14.6 Å². The molecule has 0 saturated carbocycles. The fourth-order valence-electron chi connectivity index (χ4n) is 4.39. The van der Waals surface area contributed by atoms with Crippen molar-refractivity contribution >= 4 is 22.6 Å². The van der Waals surface area contributed by atoms with Crippen molar-refractivity contribution in [3.8, 4) is 5.75 Å². The van der Waals surface area contributed by atoms with Crippen LogP contribution in [-0.2, 0) is 10.2 Å². The van der Waals surface area contributed by atoms with Crippen molar-refractivity contribution in [3.05, 3.63) is 65.9 Å². The maximum Gasteiger partial charge on any atom is 0.295 e. The molecule has 0 bridgehead atoms. The zero-order chi connectivity index (χ0) is 18.4. The van der Waals surface area contributed by atoms with E-state index in [-0.39, 0.29) is 5.41 Å². The summed E-state index contributed by atoms with van der Waals surface area (Å²) in [5.74, 6) is 0.0976. The van der Waals surface area contributed by atoms with Crippen molar-refractivity contribution in [3.63, 3.8) is 0 Å². The smallest absolute Gasteiger partial charge is 0.295 e. The molecule has 136 valence electrons. The van der Waals surface area contributed by atoms with Gasteiger partial charge in [-0.15, -0.1) is 0 Å². The molecule has 2 aromatic carbocycles. The maximum absolute atomic E-state index is 12.8. The van der Waals surface area contributed by atoms with E-state index in [9.17, 15) is 9.59 Å². The number of carbonyl (C=O) groups excluding carboxylic acids is 2. The van der Waals surface area contributed by atoms with Crippen LogP contribution >= 0.6 is 0 Å². The number of rotatable bonds is 2. The third-order valence-corrected chi connectivity index (χ3v) is 6.00. The lowest BCUT2D eigenvalue weighted by atomic mass is 9.74. The second-order valence-electron chi connectivity index (χ2n) is 7.43. The Morgan fingerprint density at radius 3 is 2.59 bits per heavy atom. The van der Waals surface area contributed by atoms with Gasteiger partial charge in [0, 0.05) is 41.2 Å². The SMILES string of the molecule is O=C(C(=O)N1CCC2(CC1)COc1ccccc12)c1c[nH]c2ccccc12. The molecule has 5 rings (SSSR count). The van der Waals surface area contributed by atoms with Gasteiger partial charge in [0.1, 0.15) is 5.75 Å². The Morgan fingerprint density at radius 2 is 1.74 bits per heavy atom. The summed E-state index contributed by atoms with van der Waals surface area (Å²) >= 11 is 0. The Bertz CT molecular complexity index is 1040. The highest BCUT2D eigenvalue weighted by molar-refractivity contribution is 6.44. The molecule has 1 saturated heterocycles. The molecule has 1 aromatic heterocycles. The van der Waals surface area contributed by atoms with Crippen LogP contribution in [0.3, 0.4) is 0 Å². The summed E-state index contributed by atoms with van der Waals surface area (Å²) in [6.45, 7) is 1.81. The van der Waals surface area contributed by atoms with E-state index in [1.165, 1.54) is 5.56 Å². The average molecular weight is 360 g/mol. The number of nitrogens with one attached hydrogen (secondary N) is 1. The van der Waals surface area contributed by atoms with Crippen LogP contribution in [0.25, 0.3) is 10.9 Å². The first-order valence-electron chi connectivity index (χ1n) is 9.30. The van der Waals surface area contributed by atoms with Gasteiger partial charge in [-0.25, -0.2) is 0 Å². The van der Waals surface area contributed by atoms with Crippen molar-refractivity contribution in [1.82, 2.24) is 9.88 Å². The van der Waals surface area contributed by atoms with Gasteiger partial charge in [-0.05, 0) is 25.0 Å². The van der Waals surface area contributed by atoms with Gasteiger partial charge in [0.15, 0.2) is 0 Å². The average Bonchev–Trinajstić information content (AvgIpc) is 3.30. The number of hydrogen-bond acceptors (Lipinski definition) is 3. The van der Waals surface area contributed by atoms with E-state index in [0.29, 0.717) is 25.3 Å². The lowest BCUT2D eigenvalue weighted by molar-refractivity contribution is -0.128. The zero-order valence-electron chi connectivity index (χ0n) is 14.9. The minimum absolute atomic E-state index is 0.0306. The van der Waals surface area contributed by atoms with Crippen LogP contribution in [0.1, 0.15) is 28.8 Å². The van der Waals surface area contributed by atoms with Gasteiger partial charge in [0.2, 0.25) is 0 Å².